The van der Waals surface area contributed by atoms with Gasteiger partial charge in [0.1, 0.15) is 19.3 Å². The summed E-state index contributed by atoms with van der Waals surface area (Å²) < 4.78 is 68.1. The molecular weight excluding hydrogens is 1160 g/mol. The lowest BCUT2D eigenvalue weighted by Gasteiger charge is -2.21. The van der Waals surface area contributed by atoms with Gasteiger partial charge in [0.15, 0.2) is 12.2 Å². The summed E-state index contributed by atoms with van der Waals surface area (Å²) in [5.74, 6) is -0.655. The first-order chi connectivity index (χ1) is 42.4. The molecule has 0 fully saturated rings. The molecule has 0 amide bonds. The minimum absolute atomic E-state index is 0.102. The number of unbranched alkanes of at least 4 members (excludes halogenated alkanes) is 38. The van der Waals surface area contributed by atoms with Crippen molar-refractivity contribution >= 4 is 39.5 Å². The molecule has 522 valence electrons. The van der Waals surface area contributed by atoms with Gasteiger partial charge in [0.2, 0.25) is 0 Å². The molecule has 0 rings (SSSR count). The van der Waals surface area contributed by atoms with Crippen molar-refractivity contribution in [1.29, 1.82) is 0 Å². The molecule has 0 aromatic carbocycles. The van der Waals surface area contributed by atoms with Crippen LogP contribution >= 0.6 is 15.6 Å². The normalized spacial score (nSPS) is 14.2. The van der Waals surface area contributed by atoms with E-state index in [1.807, 2.05) is 0 Å². The van der Waals surface area contributed by atoms with Crippen molar-refractivity contribution in [3.63, 3.8) is 0 Å². The number of rotatable bonds is 68. The number of ether oxygens (including phenoxy) is 4. The molecular formula is C69H134O17P2. The molecule has 19 heteroatoms. The van der Waals surface area contributed by atoms with Gasteiger partial charge in [0, 0.05) is 25.7 Å². The molecule has 2 unspecified atom stereocenters. The quantitative estimate of drug-likeness (QED) is 0.0222. The second-order valence-electron chi connectivity index (χ2n) is 25.9. The molecule has 0 aromatic rings. The molecule has 0 saturated heterocycles. The second kappa shape index (κ2) is 61.3. The molecule has 3 N–H and O–H groups in total. The van der Waals surface area contributed by atoms with E-state index in [1.54, 1.807) is 0 Å². The first kappa shape index (κ1) is 86.1. The SMILES string of the molecule is CCCCCCCCCCCCCCCC(=O)OC[C@H](COP(=O)(O)OC[C@@H](O)COP(=O)(O)OC[C@@H](COC(=O)CCCCCCCCC)OC(=O)CCCCCCCCC(C)C)OC(=O)CCCCCCCCCCCCCCCCCCC(C)C. The van der Waals surface area contributed by atoms with Crippen molar-refractivity contribution in [2.75, 3.05) is 39.6 Å². The molecule has 0 radical (unpaired) electrons. The average Bonchev–Trinajstić information content (AvgIpc) is 3.55. The van der Waals surface area contributed by atoms with Gasteiger partial charge in [-0.1, -0.05) is 298 Å². The molecule has 0 spiro atoms. The first-order valence-electron chi connectivity index (χ1n) is 36.0. The number of phosphoric acid groups is 2. The zero-order valence-corrected chi connectivity index (χ0v) is 58.8. The number of carbonyl (C=O) groups excluding carboxylic acids is 4. The van der Waals surface area contributed by atoms with E-state index in [4.69, 9.17) is 37.0 Å². The van der Waals surface area contributed by atoms with E-state index < -0.39 is 97.5 Å². The number of aliphatic hydroxyl groups excluding tert-OH is 1. The fourth-order valence-electron chi connectivity index (χ4n) is 10.4. The van der Waals surface area contributed by atoms with Crippen molar-refractivity contribution in [2.24, 2.45) is 11.8 Å². The predicted molar refractivity (Wildman–Crippen MR) is 354 cm³/mol. The Morgan fingerprint density at radius 1 is 0.307 bits per heavy atom. The highest BCUT2D eigenvalue weighted by Gasteiger charge is 2.30. The lowest BCUT2D eigenvalue weighted by Crippen LogP contribution is -2.30. The lowest BCUT2D eigenvalue weighted by atomic mass is 10.0. The topological polar surface area (TPSA) is 237 Å². The third-order valence-corrected chi connectivity index (χ3v) is 17.9. The van der Waals surface area contributed by atoms with E-state index in [9.17, 15) is 43.2 Å². The highest BCUT2D eigenvalue weighted by atomic mass is 31.2. The molecule has 0 bridgehead atoms. The van der Waals surface area contributed by atoms with E-state index in [2.05, 4.69) is 41.5 Å². The Bertz CT molecular complexity index is 1720. The van der Waals surface area contributed by atoms with Crippen molar-refractivity contribution < 1.29 is 80.2 Å². The minimum atomic E-state index is -4.95. The predicted octanol–water partition coefficient (Wildman–Crippen LogP) is 19.6. The Morgan fingerprint density at radius 2 is 0.523 bits per heavy atom. The van der Waals surface area contributed by atoms with Crippen LogP contribution in [-0.4, -0.2) is 96.7 Å². The summed E-state index contributed by atoms with van der Waals surface area (Å²) in [6.07, 6.45) is 46.2. The molecule has 0 aliphatic rings. The highest BCUT2D eigenvalue weighted by molar-refractivity contribution is 7.47. The molecule has 0 aliphatic heterocycles. The van der Waals surface area contributed by atoms with Gasteiger partial charge in [-0.25, -0.2) is 9.13 Å². The van der Waals surface area contributed by atoms with E-state index >= 15 is 0 Å². The molecule has 88 heavy (non-hydrogen) atoms. The van der Waals surface area contributed by atoms with Crippen LogP contribution in [0.2, 0.25) is 0 Å². The van der Waals surface area contributed by atoms with Gasteiger partial charge in [-0.3, -0.25) is 37.3 Å². The first-order valence-corrected chi connectivity index (χ1v) is 39.0. The van der Waals surface area contributed by atoms with Crippen molar-refractivity contribution in [3.05, 3.63) is 0 Å². The number of esters is 4. The van der Waals surface area contributed by atoms with Crippen LogP contribution in [0, 0.1) is 11.8 Å². The van der Waals surface area contributed by atoms with Crippen LogP contribution in [-0.2, 0) is 65.4 Å². The Kier molecular flexibility index (Phi) is 59.9. The Morgan fingerprint density at radius 3 is 0.773 bits per heavy atom. The van der Waals surface area contributed by atoms with Gasteiger partial charge in [0.05, 0.1) is 26.4 Å². The fraction of sp³-hybridized carbons (Fsp3) is 0.942. The monoisotopic (exact) mass is 1300 g/mol. The summed E-state index contributed by atoms with van der Waals surface area (Å²) in [6.45, 7) is 9.44. The number of aliphatic hydroxyl groups is 1. The Balaban J connectivity index is 5.17. The molecule has 5 atom stereocenters. The van der Waals surface area contributed by atoms with Crippen LogP contribution in [0.3, 0.4) is 0 Å². The zero-order chi connectivity index (χ0) is 65.0. The third-order valence-electron chi connectivity index (χ3n) is 16.0. The maximum absolute atomic E-state index is 13.0. The molecule has 0 aliphatic carbocycles. The van der Waals surface area contributed by atoms with Gasteiger partial charge in [0.25, 0.3) is 0 Å². The Hall–Kier alpha value is -1.94. The van der Waals surface area contributed by atoms with Gasteiger partial charge in [-0.05, 0) is 37.5 Å². The van der Waals surface area contributed by atoms with E-state index in [1.165, 1.54) is 154 Å². The molecule has 0 aromatic heterocycles. The lowest BCUT2D eigenvalue weighted by molar-refractivity contribution is -0.161. The summed E-state index contributed by atoms with van der Waals surface area (Å²) in [5.41, 5.74) is 0. The van der Waals surface area contributed by atoms with Crippen LogP contribution < -0.4 is 0 Å². The fourth-order valence-corrected chi connectivity index (χ4v) is 12.0. The van der Waals surface area contributed by atoms with Crippen LogP contribution in [0.4, 0.5) is 0 Å². The zero-order valence-electron chi connectivity index (χ0n) is 57.0. The highest BCUT2D eigenvalue weighted by Crippen LogP contribution is 2.45. The summed E-state index contributed by atoms with van der Waals surface area (Å²) in [4.78, 5) is 72.3. The summed E-state index contributed by atoms with van der Waals surface area (Å²) in [5, 5.41) is 10.6. The number of hydrogen-bond donors (Lipinski definition) is 3. The van der Waals surface area contributed by atoms with Crippen molar-refractivity contribution in [2.45, 2.75) is 368 Å². The van der Waals surface area contributed by atoms with Gasteiger partial charge in [-0.15, -0.1) is 0 Å². The standard InChI is InChI=1S/C69H134O17P2/c1-7-9-11-13-15-16-17-22-26-29-33-40-46-52-67(72)80-58-64(85-68(73)53-47-41-34-30-27-24-21-19-18-20-23-25-28-32-37-43-49-61(3)4)59-83-87(75,76)81-55-63(70)56-82-88(77,78)84-60-65(57-79-66(71)51-45-39-31-14-12-10-8-2)86-69(74)54-48-42-36-35-38-44-50-62(5)6/h61-65,70H,7-60H2,1-6H3,(H,75,76)(H,77,78)/t63-,64-,65-/m1/s1. The number of phosphoric ester groups is 2. The second-order valence-corrected chi connectivity index (χ2v) is 28.8. The van der Waals surface area contributed by atoms with E-state index in [0.717, 1.165) is 109 Å². The van der Waals surface area contributed by atoms with Gasteiger partial charge < -0.3 is 33.8 Å². The van der Waals surface area contributed by atoms with Gasteiger partial charge in [-0.2, -0.15) is 0 Å². The van der Waals surface area contributed by atoms with Crippen LogP contribution in [0.15, 0.2) is 0 Å². The van der Waals surface area contributed by atoms with Crippen LogP contribution in [0.1, 0.15) is 350 Å². The van der Waals surface area contributed by atoms with Crippen molar-refractivity contribution in [1.82, 2.24) is 0 Å². The van der Waals surface area contributed by atoms with E-state index in [0.29, 0.717) is 31.6 Å². The summed E-state index contributed by atoms with van der Waals surface area (Å²) in [7, 11) is -9.89. The number of hydrogen-bond acceptors (Lipinski definition) is 15. The maximum Gasteiger partial charge on any atom is 0.472 e. The number of carbonyl (C=O) groups is 4. The van der Waals surface area contributed by atoms with Crippen LogP contribution in [0.5, 0.6) is 0 Å². The Labute approximate surface area is 537 Å². The van der Waals surface area contributed by atoms with E-state index in [-0.39, 0.29) is 25.7 Å². The molecule has 17 nitrogen and oxygen atoms in total. The summed E-state index contributed by atoms with van der Waals surface area (Å²) in [6, 6.07) is 0. The average molecular weight is 1300 g/mol. The maximum atomic E-state index is 13.0. The summed E-state index contributed by atoms with van der Waals surface area (Å²) >= 11 is 0. The molecule has 0 saturated carbocycles. The molecule has 0 heterocycles. The third kappa shape index (κ3) is 62.8. The van der Waals surface area contributed by atoms with Crippen LogP contribution in [0.25, 0.3) is 0 Å². The minimum Gasteiger partial charge on any atom is -0.462 e. The largest absolute Gasteiger partial charge is 0.472 e. The van der Waals surface area contributed by atoms with Gasteiger partial charge >= 0.3 is 39.5 Å². The smallest absolute Gasteiger partial charge is 0.462 e. The van der Waals surface area contributed by atoms with Crippen molar-refractivity contribution in [3.8, 4) is 0 Å².